The summed E-state index contributed by atoms with van der Waals surface area (Å²) < 4.78 is 16.4. The van der Waals surface area contributed by atoms with E-state index < -0.39 is 0 Å². The second-order valence-corrected chi connectivity index (χ2v) is 8.20. The zero-order valence-corrected chi connectivity index (χ0v) is 15.7. The first-order valence-corrected chi connectivity index (χ1v) is 10.1. The van der Waals surface area contributed by atoms with E-state index in [4.69, 9.17) is 0 Å². The van der Waals surface area contributed by atoms with Gasteiger partial charge in [-0.05, 0) is 54.0 Å². The maximum atomic E-state index is 13.2. The molecule has 26 heavy (non-hydrogen) atoms. The van der Waals surface area contributed by atoms with Crippen LogP contribution in [-0.2, 0) is 6.54 Å². The molecule has 0 saturated heterocycles. The van der Waals surface area contributed by atoms with Gasteiger partial charge < -0.3 is 9.88 Å². The second kappa shape index (κ2) is 7.23. The van der Waals surface area contributed by atoms with Gasteiger partial charge in [-0.3, -0.25) is 4.79 Å². The molecule has 0 bridgehead atoms. The van der Waals surface area contributed by atoms with E-state index >= 15 is 0 Å². The first kappa shape index (κ1) is 17.3. The van der Waals surface area contributed by atoms with Crippen molar-refractivity contribution in [2.24, 2.45) is 5.92 Å². The van der Waals surface area contributed by atoms with E-state index in [1.807, 2.05) is 22.1 Å². The Hall–Kier alpha value is -2.14. The molecule has 3 aromatic rings. The minimum atomic E-state index is -0.244. The SMILES string of the molecule is CC1CCCCC1NC(=O)c1cc2sccc2n1Cc1ccc(F)cc1. The quantitative estimate of drug-likeness (QED) is 0.673. The molecule has 1 amide bonds. The molecule has 0 spiro atoms. The van der Waals surface area contributed by atoms with Crippen molar-refractivity contribution in [3.05, 3.63) is 58.9 Å². The molecule has 1 aliphatic carbocycles. The van der Waals surface area contributed by atoms with E-state index in [0.717, 1.165) is 22.2 Å². The zero-order chi connectivity index (χ0) is 18.1. The predicted octanol–water partition coefficient (Wildman–Crippen LogP) is 5.20. The number of hydrogen-bond donors (Lipinski definition) is 1. The van der Waals surface area contributed by atoms with E-state index in [2.05, 4.69) is 12.2 Å². The number of nitrogens with one attached hydrogen (secondary N) is 1. The van der Waals surface area contributed by atoms with Gasteiger partial charge in [-0.15, -0.1) is 11.3 Å². The number of hydrogen-bond acceptors (Lipinski definition) is 2. The molecule has 136 valence electrons. The summed E-state index contributed by atoms with van der Waals surface area (Å²) >= 11 is 1.64. The van der Waals surface area contributed by atoms with Gasteiger partial charge in [-0.1, -0.05) is 31.9 Å². The van der Waals surface area contributed by atoms with Gasteiger partial charge in [0.2, 0.25) is 0 Å². The van der Waals surface area contributed by atoms with Gasteiger partial charge in [0.25, 0.3) is 5.91 Å². The summed E-state index contributed by atoms with van der Waals surface area (Å²) in [5.41, 5.74) is 2.73. The maximum Gasteiger partial charge on any atom is 0.268 e. The van der Waals surface area contributed by atoms with Crippen LogP contribution in [0.3, 0.4) is 0 Å². The third-order valence-corrected chi connectivity index (χ3v) is 6.29. The summed E-state index contributed by atoms with van der Waals surface area (Å²) in [6, 6.07) is 10.8. The monoisotopic (exact) mass is 370 g/mol. The van der Waals surface area contributed by atoms with Gasteiger partial charge in [0.15, 0.2) is 0 Å². The number of aromatic nitrogens is 1. The normalized spacial score (nSPS) is 20.4. The Morgan fingerprint density at radius 1 is 1.23 bits per heavy atom. The van der Waals surface area contributed by atoms with Crippen molar-refractivity contribution >= 4 is 27.5 Å². The molecule has 1 aromatic carbocycles. The van der Waals surface area contributed by atoms with Crippen LogP contribution in [0.5, 0.6) is 0 Å². The molecule has 2 unspecified atom stereocenters. The molecule has 1 saturated carbocycles. The minimum Gasteiger partial charge on any atom is -0.348 e. The molecule has 5 heteroatoms. The van der Waals surface area contributed by atoms with Crippen molar-refractivity contribution in [3.8, 4) is 0 Å². The molecule has 1 fully saturated rings. The van der Waals surface area contributed by atoms with Crippen molar-refractivity contribution in [2.75, 3.05) is 0 Å². The molecule has 2 heterocycles. The van der Waals surface area contributed by atoms with Gasteiger partial charge in [0, 0.05) is 12.6 Å². The van der Waals surface area contributed by atoms with Crippen molar-refractivity contribution < 1.29 is 9.18 Å². The highest BCUT2D eigenvalue weighted by atomic mass is 32.1. The smallest absolute Gasteiger partial charge is 0.268 e. The number of thiophene rings is 1. The van der Waals surface area contributed by atoms with E-state index in [-0.39, 0.29) is 17.8 Å². The number of carbonyl (C=O) groups excluding carboxylic acids is 1. The van der Waals surface area contributed by atoms with E-state index in [1.54, 1.807) is 23.5 Å². The summed E-state index contributed by atoms with van der Waals surface area (Å²) in [6.45, 7) is 2.78. The Labute approximate surface area is 156 Å². The standard InChI is InChI=1S/C21H23FN2OS/c1-14-4-2-3-5-17(14)23-21(25)19-12-20-18(10-11-26-20)24(19)13-15-6-8-16(22)9-7-15/h6-12,14,17H,2-5,13H2,1H3,(H,23,25). The number of nitrogens with zero attached hydrogens (tertiary/aromatic N) is 1. The summed E-state index contributed by atoms with van der Waals surface area (Å²) in [4.78, 5) is 13.0. The summed E-state index contributed by atoms with van der Waals surface area (Å²) in [7, 11) is 0. The van der Waals surface area contributed by atoms with Gasteiger partial charge >= 0.3 is 0 Å². The fraction of sp³-hybridized carbons (Fsp3) is 0.381. The van der Waals surface area contributed by atoms with Gasteiger partial charge in [-0.2, -0.15) is 0 Å². The molecule has 2 atom stereocenters. The lowest BCUT2D eigenvalue weighted by atomic mass is 9.86. The largest absolute Gasteiger partial charge is 0.348 e. The van der Waals surface area contributed by atoms with Crippen LogP contribution >= 0.6 is 11.3 Å². The second-order valence-electron chi connectivity index (χ2n) is 7.25. The average molecular weight is 370 g/mol. The van der Waals surface area contributed by atoms with Crippen LogP contribution in [0.1, 0.15) is 48.7 Å². The Kier molecular flexibility index (Phi) is 4.81. The fourth-order valence-corrected chi connectivity index (χ4v) is 4.70. The number of fused-ring (bicyclic) bond motifs is 1. The molecule has 0 aliphatic heterocycles. The summed E-state index contributed by atoms with van der Waals surface area (Å²) in [5, 5.41) is 5.29. The number of halogens is 1. The number of carbonyl (C=O) groups is 1. The van der Waals surface area contributed by atoms with Gasteiger partial charge in [-0.25, -0.2) is 4.39 Å². The minimum absolute atomic E-state index is 0.00531. The van der Waals surface area contributed by atoms with Crippen molar-refractivity contribution in [2.45, 2.75) is 45.2 Å². The van der Waals surface area contributed by atoms with Crippen LogP contribution in [0.15, 0.2) is 41.8 Å². The highest BCUT2D eigenvalue weighted by Gasteiger charge is 2.25. The van der Waals surface area contributed by atoms with Gasteiger partial charge in [0.1, 0.15) is 11.5 Å². The lowest BCUT2D eigenvalue weighted by molar-refractivity contribution is 0.0901. The molecule has 1 N–H and O–H groups in total. The van der Waals surface area contributed by atoms with Crippen LogP contribution < -0.4 is 5.32 Å². The van der Waals surface area contributed by atoms with Crippen LogP contribution in [0.4, 0.5) is 4.39 Å². The van der Waals surface area contributed by atoms with E-state index in [0.29, 0.717) is 18.2 Å². The molecule has 3 nitrogen and oxygen atoms in total. The number of rotatable bonds is 4. The van der Waals surface area contributed by atoms with Gasteiger partial charge in [0.05, 0.1) is 10.2 Å². The highest BCUT2D eigenvalue weighted by molar-refractivity contribution is 7.17. The zero-order valence-electron chi connectivity index (χ0n) is 14.9. The Morgan fingerprint density at radius 2 is 2.00 bits per heavy atom. The maximum absolute atomic E-state index is 13.2. The van der Waals surface area contributed by atoms with Crippen LogP contribution in [0.2, 0.25) is 0 Å². The molecule has 2 aromatic heterocycles. The number of benzene rings is 1. The summed E-state index contributed by atoms with van der Waals surface area (Å²) in [5.74, 6) is 0.273. The third-order valence-electron chi connectivity index (χ3n) is 5.44. The molecule has 1 aliphatic rings. The molecule has 4 rings (SSSR count). The topological polar surface area (TPSA) is 34.0 Å². The first-order valence-electron chi connectivity index (χ1n) is 9.24. The lowest BCUT2D eigenvalue weighted by Crippen LogP contribution is -2.41. The van der Waals surface area contributed by atoms with Crippen molar-refractivity contribution in [1.29, 1.82) is 0 Å². The molecular formula is C21H23FN2OS. The van der Waals surface area contributed by atoms with Crippen LogP contribution in [0.25, 0.3) is 10.2 Å². The van der Waals surface area contributed by atoms with Crippen molar-refractivity contribution in [1.82, 2.24) is 9.88 Å². The predicted molar refractivity (Wildman–Crippen MR) is 104 cm³/mol. The lowest BCUT2D eigenvalue weighted by Gasteiger charge is -2.29. The van der Waals surface area contributed by atoms with E-state index in [1.165, 1.54) is 31.4 Å². The van der Waals surface area contributed by atoms with Crippen molar-refractivity contribution in [3.63, 3.8) is 0 Å². The van der Waals surface area contributed by atoms with Crippen LogP contribution in [-0.4, -0.2) is 16.5 Å². The Balaban J connectivity index is 1.62. The average Bonchev–Trinajstić information content (AvgIpc) is 3.21. The fourth-order valence-electron chi connectivity index (χ4n) is 3.88. The Morgan fingerprint density at radius 3 is 2.77 bits per heavy atom. The molecular weight excluding hydrogens is 347 g/mol. The highest BCUT2D eigenvalue weighted by Crippen LogP contribution is 2.28. The summed E-state index contributed by atoms with van der Waals surface area (Å²) in [6.07, 6.45) is 4.67. The molecule has 0 radical (unpaired) electrons. The van der Waals surface area contributed by atoms with Crippen LogP contribution in [0, 0.1) is 11.7 Å². The van der Waals surface area contributed by atoms with E-state index in [9.17, 15) is 9.18 Å². The third kappa shape index (κ3) is 3.40. The Bertz CT molecular complexity index is 912. The first-order chi connectivity index (χ1) is 12.6. The number of amides is 1.